The monoisotopic (exact) mass is 275 g/mol. The fraction of sp³-hybridized carbons (Fsp3) is 0.833. The Balaban J connectivity index is 4.26. The van der Waals surface area contributed by atoms with Crippen LogP contribution in [-0.4, -0.2) is 55.7 Å². The van der Waals surface area contributed by atoms with Crippen LogP contribution in [0.4, 0.5) is 0 Å². The second-order valence-electron chi connectivity index (χ2n) is 5.56. The number of thiol groups is 1. The van der Waals surface area contributed by atoms with E-state index < -0.39 is 6.04 Å². The molecule has 6 heteroatoms. The van der Waals surface area contributed by atoms with E-state index in [2.05, 4.69) is 42.0 Å². The van der Waals surface area contributed by atoms with Gasteiger partial charge in [-0.3, -0.25) is 9.59 Å². The van der Waals surface area contributed by atoms with Crippen molar-refractivity contribution in [2.45, 2.75) is 26.8 Å². The molecule has 0 aromatic carbocycles. The summed E-state index contributed by atoms with van der Waals surface area (Å²) in [4.78, 5) is 24.9. The van der Waals surface area contributed by atoms with Crippen molar-refractivity contribution in [3.63, 3.8) is 0 Å². The number of nitrogens with zero attached hydrogens (tertiary/aromatic N) is 1. The number of amides is 2. The molecule has 0 aliphatic rings. The molecule has 0 saturated heterocycles. The molecule has 1 atom stereocenters. The van der Waals surface area contributed by atoms with E-state index in [4.69, 9.17) is 0 Å². The zero-order valence-corrected chi connectivity index (χ0v) is 12.8. The maximum atomic E-state index is 11.9. The summed E-state index contributed by atoms with van der Waals surface area (Å²) in [5.41, 5.74) is -0.0173. The van der Waals surface area contributed by atoms with Gasteiger partial charge in [0.1, 0.15) is 6.04 Å². The van der Waals surface area contributed by atoms with E-state index in [-0.39, 0.29) is 17.2 Å². The van der Waals surface area contributed by atoms with Gasteiger partial charge in [0.2, 0.25) is 11.8 Å². The lowest BCUT2D eigenvalue weighted by atomic mass is 9.93. The second-order valence-corrected chi connectivity index (χ2v) is 5.92. The molecule has 0 fully saturated rings. The number of hydrogen-bond acceptors (Lipinski definition) is 4. The summed E-state index contributed by atoms with van der Waals surface area (Å²) in [6, 6.07) is -0.569. The Morgan fingerprint density at radius 3 is 2.28 bits per heavy atom. The van der Waals surface area contributed by atoms with E-state index in [0.717, 1.165) is 6.54 Å². The first-order valence-electron chi connectivity index (χ1n) is 5.98. The summed E-state index contributed by atoms with van der Waals surface area (Å²) < 4.78 is 0. The van der Waals surface area contributed by atoms with E-state index in [1.54, 1.807) is 0 Å². The van der Waals surface area contributed by atoms with Crippen molar-refractivity contribution < 1.29 is 9.59 Å². The summed E-state index contributed by atoms with van der Waals surface area (Å²) >= 11 is 4.07. The van der Waals surface area contributed by atoms with Gasteiger partial charge in [-0.25, -0.2) is 0 Å². The van der Waals surface area contributed by atoms with Gasteiger partial charge in [0, 0.05) is 25.8 Å². The predicted octanol–water partition coefficient (Wildman–Crippen LogP) is 0.125. The molecule has 0 radical (unpaired) electrons. The number of hydrogen-bond donors (Lipinski definition) is 3. The standard InChI is InChI=1S/C12H25N3O2S/c1-9(16)14-10(6-18)11(17)13-7-12(2,3)8-15(4)5/h10,18H,6-8H2,1-5H3,(H,13,17)(H,14,16). The van der Waals surface area contributed by atoms with Crippen molar-refractivity contribution in [3.8, 4) is 0 Å². The van der Waals surface area contributed by atoms with Crippen LogP contribution in [-0.2, 0) is 9.59 Å². The normalized spacial score (nSPS) is 13.3. The maximum absolute atomic E-state index is 11.9. The third-order valence-electron chi connectivity index (χ3n) is 2.36. The zero-order chi connectivity index (χ0) is 14.3. The van der Waals surface area contributed by atoms with Crippen LogP contribution >= 0.6 is 12.6 Å². The smallest absolute Gasteiger partial charge is 0.243 e. The molecule has 5 nitrogen and oxygen atoms in total. The molecule has 0 spiro atoms. The van der Waals surface area contributed by atoms with Crippen molar-refractivity contribution in [2.24, 2.45) is 5.41 Å². The first-order valence-corrected chi connectivity index (χ1v) is 6.61. The average Bonchev–Trinajstić information content (AvgIpc) is 2.20. The fourth-order valence-corrected chi connectivity index (χ4v) is 2.06. The topological polar surface area (TPSA) is 61.4 Å². The molecule has 0 bridgehead atoms. The highest BCUT2D eigenvalue weighted by molar-refractivity contribution is 7.80. The van der Waals surface area contributed by atoms with Gasteiger partial charge in [-0.1, -0.05) is 13.8 Å². The number of nitrogens with one attached hydrogen (secondary N) is 2. The first-order chi connectivity index (χ1) is 8.18. The molecule has 1 unspecified atom stereocenters. The summed E-state index contributed by atoms with van der Waals surface area (Å²) in [6.07, 6.45) is 0. The minimum atomic E-state index is -0.569. The molecule has 0 heterocycles. The Labute approximate surface area is 115 Å². The summed E-state index contributed by atoms with van der Waals surface area (Å²) in [5.74, 6) is -0.122. The summed E-state index contributed by atoms with van der Waals surface area (Å²) in [7, 11) is 3.99. The van der Waals surface area contributed by atoms with Gasteiger partial charge in [-0.05, 0) is 19.5 Å². The summed E-state index contributed by atoms with van der Waals surface area (Å²) in [6.45, 7) is 7.00. The van der Waals surface area contributed by atoms with E-state index in [9.17, 15) is 9.59 Å². The van der Waals surface area contributed by atoms with Crippen LogP contribution in [0.15, 0.2) is 0 Å². The second kappa shape index (κ2) is 7.63. The van der Waals surface area contributed by atoms with Crippen LogP contribution in [0.2, 0.25) is 0 Å². The number of carbonyl (C=O) groups excluding carboxylic acids is 2. The Hall–Kier alpha value is -0.750. The maximum Gasteiger partial charge on any atom is 0.243 e. The lowest BCUT2D eigenvalue weighted by Gasteiger charge is -2.29. The molecular weight excluding hydrogens is 250 g/mol. The third kappa shape index (κ3) is 7.55. The van der Waals surface area contributed by atoms with Gasteiger partial charge in [-0.2, -0.15) is 12.6 Å². The van der Waals surface area contributed by atoms with E-state index in [0.29, 0.717) is 12.3 Å². The van der Waals surface area contributed by atoms with E-state index >= 15 is 0 Å². The Morgan fingerprint density at radius 2 is 1.89 bits per heavy atom. The number of carbonyl (C=O) groups is 2. The van der Waals surface area contributed by atoms with Crippen molar-refractivity contribution in [2.75, 3.05) is 32.9 Å². The fourth-order valence-electron chi connectivity index (χ4n) is 1.80. The third-order valence-corrected chi connectivity index (χ3v) is 2.73. The molecule has 2 amide bonds. The van der Waals surface area contributed by atoms with Gasteiger partial charge in [0.05, 0.1) is 0 Å². The van der Waals surface area contributed by atoms with Crippen LogP contribution in [0.5, 0.6) is 0 Å². The average molecular weight is 275 g/mol. The molecule has 0 rings (SSSR count). The molecular formula is C12H25N3O2S. The largest absolute Gasteiger partial charge is 0.354 e. The molecule has 0 aliphatic heterocycles. The molecule has 18 heavy (non-hydrogen) atoms. The highest BCUT2D eigenvalue weighted by Crippen LogP contribution is 2.14. The Kier molecular flexibility index (Phi) is 7.32. The van der Waals surface area contributed by atoms with Crippen LogP contribution in [0, 0.1) is 5.41 Å². The van der Waals surface area contributed by atoms with Crippen molar-refractivity contribution in [1.82, 2.24) is 15.5 Å². The number of rotatable bonds is 7. The molecule has 0 saturated carbocycles. The quantitative estimate of drug-likeness (QED) is 0.579. The van der Waals surface area contributed by atoms with Gasteiger partial charge >= 0.3 is 0 Å². The van der Waals surface area contributed by atoms with Crippen LogP contribution in [0.25, 0.3) is 0 Å². The first kappa shape index (κ1) is 17.2. The van der Waals surface area contributed by atoms with E-state index in [1.807, 2.05) is 14.1 Å². The minimum Gasteiger partial charge on any atom is -0.354 e. The summed E-state index contributed by atoms with van der Waals surface area (Å²) in [5, 5.41) is 5.42. The van der Waals surface area contributed by atoms with Crippen molar-refractivity contribution in [1.29, 1.82) is 0 Å². The lowest BCUT2D eigenvalue weighted by Crippen LogP contribution is -2.50. The van der Waals surface area contributed by atoms with Crippen molar-refractivity contribution in [3.05, 3.63) is 0 Å². The predicted molar refractivity (Wildman–Crippen MR) is 76.8 cm³/mol. The van der Waals surface area contributed by atoms with Gasteiger partial charge in [0.25, 0.3) is 0 Å². The molecule has 0 aromatic rings. The van der Waals surface area contributed by atoms with Crippen LogP contribution in [0.3, 0.4) is 0 Å². The lowest BCUT2D eigenvalue weighted by molar-refractivity contribution is -0.127. The van der Waals surface area contributed by atoms with Gasteiger partial charge in [0.15, 0.2) is 0 Å². The van der Waals surface area contributed by atoms with Gasteiger partial charge < -0.3 is 15.5 Å². The van der Waals surface area contributed by atoms with Gasteiger partial charge in [-0.15, -0.1) is 0 Å². The Morgan fingerprint density at radius 1 is 1.33 bits per heavy atom. The Bertz CT molecular complexity index is 293. The molecule has 2 N–H and O–H groups in total. The highest BCUT2D eigenvalue weighted by Gasteiger charge is 2.23. The van der Waals surface area contributed by atoms with E-state index in [1.165, 1.54) is 6.92 Å². The molecule has 106 valence electrons. The SMILES string of the molecule is CC(=O)NC(CS)C(=O)NCC(C)(C)CN(C)C. The van der Waals surface area contributed by atoms with Crippen LogP contribution in [0.1, 0.15) is 20.8 Å². The molecule has 0 aliphatic carbocycles. The van der Waals surface area contributed by atoms with Crippen LogP contribution < -0.4 is 10.6 Å². The van der Waals surface area contributed by atoms with Crippen molar-refractivity contribution >= 4 is 24.4 Å². The highest BCUT2D eigenvalue weighted by atomic mass is 32.1. The molecule has 0 aromatic heterocycles. The minimum absolute atomic E-state index is 0.0173. The zero-order valence-electron chi connectivity index (χ0n) is 11.9.